The van der Waals surface area contributed by atoms with Crippen LogP contribution < -0.4 is 9.62 Å². The van der Waals surface area contributed by atoms with Crippen molar-refractivity contribution in [2.75, 3.05) is 17.1 Å². The van der Waals surface area contributed by atoms with Gasteiger partial charge in [-0.15, -0.1) is 0 Å². The van der Waals surface area contributed by atoms with E-state index in [0.29, 0.717) is 0 Å². The normalized spacial score (nSPS) is 16.6. The molecule has 0 aromatic heterocycles. The van der Waals surface area contributed by atoms with E-state index in [1.165, 1.54) is 31.4 Å². The molecule has 0 spiro atoms. The van der Waals surface area contributed by atoms with Crippen LogP contribution in [0.15, 0.2) is 12.1 Å². The van der Waals surface area contributed by atoms with Gasteiger partial charge in [0.05, 0.1) is 27.0 Å². The number of hydrogen-bond donors (Lipinski definition) is 1. The third-order valence-electron chi connectivity index (χ3n) is 4.42. The zero-order chi connectivity index (χ0) is 19.3. The van der Waals surface area contributed by atoms with Crippen LogP contribution in [0.25, 0.3) is 0 Å². The van der Waals surface area contributed by atoms with Gasteiger partial charge in [0.25, 0.3) is 0 Å². The maximum absolute atomic E-state index is 12.5. The minimum Gasteiger partial charge on any atom is -0.352 e. The fraction of sp³-hybridized carbons (Fsp3) is 0.588. The maximum Gasteiger partial charge on any atom is 0.240 e. The summed E-state index contributed by atoms with van der Waals surface area (Å²) in [6.45, 7) is -0.354. The van der Waals surface area contributed by atoms with Crippen LogP contribution in [0.1, 0.15) is 44.9 Å². The van der Waals surface area contributed by atoms with E-state index in [1.807, 2.05) is 0 Å². The first-order valence-corrected chi connectivity index (χ1v) is 11.6. The molecule has 1 N–H and O–H groups in total. The molecule has 2 rings (SSSR count). The topological polar surface area (TPSA) is 66.5 Å². The first-order chi connectivity index (χ1) is 12.2. The third-order valence-corrected chi connectivity index (χ3v) is 6.57. The number of hydrogen-bond acceptors (Lipinski definition) is 3. The van der Waals surface area contributed by atoms with Gasteiger partial charge in [-0.2, -0.15) is 0 Å². The van der Waals surface area contributed by atoms with Gasteiger partial charge in [0.2, 0.25) is 15.9 Å². The number of benzene rings is 1. The zero-order valence-electron chi connectivity index (χ0n) is 14.6. The van der Waals surface area contributed by atoms with Crippen LogP contribution in [0, 0.1) is 0 Å². The molecule has 0 unspecified atom stereocenters. The molecule has 0 atom stereocenters. The van der Waals surface area contributed by atoms with Gasteiger partial charge in [0, 0.05) is 6.04 Å². The van der Waals surface area contributed by atoms with Crippen LogP contribution in [-0.4, -0.2) is 33.2 Å². The second-order valence-corrected chi connectivity index (χ2v) is 9.73. The minimum atomic E-state index is -3.73. The van der Waals surface area contributed by atoms with E-state index in [4.69, 9.17) is 34.8 Å². The lowest BCUT2D eigenvalue weighted by Crippen LogP contribution is -2.44. The number of nitrogens with zero attached hydrogens (tertiary/aromatic N) is 1. The van der Waals surface area contributed by atoms with E-state index in [9.17, 15) is 13.2 Å². The highest BCUT2D eigenvalue weighted by Gasteiger charge is 2.25. The number of amides is 1. The van der Waals surface area contributed by atoms with Gasteiger partial charge in [-0.25, -0.2) is 8.42 Å². The highest BCUT2D eigenvalue weighted by Crippen LogP contribution is 2.35. The van der Waals surface area contributed by atoms with Gasteiger partial charge < -0.3 is 5.32 Å². The summed E-state index contributed by atoms with van der Waals surface area (Å²) in [6, 6.07) is 2.80. The lowest BCUT2D eigenvalue weighted by Gasteiger charge is -2.26. The van der Waals surface area contributed by atoms with Gasteiger partial charge in [0.15, 0.2) is 0 Å². The van der Waals surface area contributed by atoms with E-state index in [0.717, 1.165) is 36.2 Å². The van der Waals surface area contributed by atoms with E-state index in [-0.39, 0.29) is 39.2 Å². The molecule has 1 aromatic rings. The molecule has 26 heavy (non-hydrogen) atoms. The molecule has 1 saturated carbocycles. The van der Waals surface area contributed by atoms with Gasteiger partial charge in [-0.3, -0.25) is 9.10 Å². The van der Waals surface area contributed by atoms with Crippen molar-refractivity contribution < 1.29 is 13.2 Å². The Hall–Kier alpha value is -0.690. The molecule has 1 fully saturated rings. The average molecular weight is 442 g/mol. The molecule has 1 aliphatic carbocycles. The molecule has 0 bridgehead atoms. The largest absolute Gasteiger partial charge is 0.352 e. The van der Waals surface area contributed by atoms with E-state index >= 15 is 0 Å². The number of anilines is 1. The van der Waals surface area contributed by atoms with E-state index in [1.54, 1.807) is 0 Å². The summed E-state index contributed by atoms with van der Waals surface area (Å²) >= 11 is 18.0. The second kappa shape index (κ2) is 9.49. The molecular formula is C17H23Cl3N2O3S. The number of sulfonamides is 1. The highest BCUT2D eigenvalue weighted by molar-refractivity contribution is 7.92. The number of rotatable bonds is 5. The monoisotopic (exact) mass is 440 g/mol. The number of carbonyl (C=O) groups is 1. The first-order valence-electron chi connectivity index (χ1n) is 8.60. The van der Waals surface area contributed by atoms with Crippen LogP contribution in [0.4, 0.5) is 5.69 Å². The van der Waals surface area contributed by atoms with Crippen LogP contribution in [0.2, 0.25) is 15.1 Å². The lowest BCUT2D eigenvalue weighted by atomic mass is 9.97. The van der Waals surface area contributed by atoms with Crippen LogP contribution >= 0.6 is 34.8 Å². The molecule has 1 aromatic carbocycles. The van der Waals surface area contributed by atoms with Crippen molar-refractivity contribution in [3.8, 4) is 0 Å². The smallest absolute Gasteiger partial charge is 0.240 e. The fourth-order valence-corrected chi connectivity index (χ4v) is 4.64. The number of halogens is 3. The Labute approximate surface area is 170 Å². The standard InChI is InChI=1S/C17H23Cl3N2O3S/c1-26(24,25)22(16-10-14(19)13(18)9-15(16)20)11-17(23)21-12-7-5-3-2-4-6-8-12/h9-10,12H,2-8,11H2,1H3,(H,21,23). The molecule has 0 radical (unpaired) electrons. The molecule has 146 valence electrons. The van der Waals surface area contributed by atoms with E-state index < -0.39 is 10.0 Å². The summed E-state index contributed by atoms with van der Waals surface area (Å²) in [6.07, 6.45) is 8.56. The van der Waals surface area contributed by atoms with Crippen LogP contribution in [0.3, 0.4) is 0 Å². The van der Waals surface area contributed by atoms with E-state index in [2.05, 4.69) is 5.32 Å². The highest BCUT2D eigenvalue weighted by atomic mass is 35.5. The Bertz CT molecular complexity index is 748. The lowest BCUT2D eigenvalue weighted by molar-refractivity contribution is -0.120. The maximum atomic E-state index is 12.5. The summed E-state index contributed by atoms with van der Waals surface area (Å²) in [5.74, 6) is -0.358. The summed E-state index contributed by atoms with van der Waals surface area (Å²) < 4.78 is 25.4. The van der Waals surface area contributed by atoms with Crippen molar-refractivity contribution in [2.45, 2.75) is 51.0 Å². The quantitative estimate of drug-likeness (QED) is 0.677. The van der Waals surface area contributed by atoms with Gasteiger partial charge in [-0.05, 0) is 25.0 Å². The molecule has 5 nitrogen and oxygen atoms in total. The van der Waals surface area contributed by atoms with Crippen molar-refractivity contribution in [3.05, 3.63) is 27.2 Å². The third kappa shape index (κ3) is 6.19. The molecule has 0 heterocycles. The van der Waals surface area contributed by atoms with Gasteiger partial charge >= 0.3 is 0 Å². The molecule has 1 amide bonds. The fourth-order valence-electron chi connectivity index (χ4n) is 3.09. The summed E-state index contributed by atoms with van der Waals surface area (Å²) in [5.41, 5.74) is 0.136. The Morgan fingerprint density at radius 3 is 2.15 bits per heavy atom. The van der Waals surface area contributed by atoms with Crippen LogP contribution in [-0.2, 0) is 14.8 Å². The summed E-state index contributed by atoms with van der Waals surface area (Å²) in [7, 11) is -3.73. The minimum absolute atomic E-state index is 0.0773. The molecule has 0 aliphatic heterocycles. The number of nitrogens with one attached hydrogen (secondary N) is 1. The van der Waals surface area contributed by atoms with Crippen molar-refractivity contribution in [1.29, 1.82) is 0 Å². The second-order valence-electron chi connectivity index (χ2n) is 6.60. The predicted molar refractivity (Wildman–Crippen MR) is 108 cm³/mol. The van der Waals surface area contributed by atoms with Crippen molar-refractivity contribution >= 4 is 56.4 Å². The van der Waals surface area contributed by atoms with Crippen LogP contribution in [0.5, 0.6) is 0 Å². The molecule has 1 aliphatic rings. The average Bonchev–Trinajstić information content (AvgIpc) is 2.50. The SMILES string of the molecule is CS(=O)(=O)N(CC(=O)NC1CCCCCCC1)c1cc(Cl)c(Cl)cc1Cl. The zero-order valence-corrected chi connectivity index (χ0v) is 17.7. The van der Waals surface area contributed by atoms with Gasteiger partial charge in [-0.1, -0.05) is 66.9 Å². The molecule has 9 heteroatoms. The Kier molecular flexibility index (Phi) is 7.89. The van der Waals surface area contributed by atoms with Crippen molar-refractivity contribution in [2.24, 2.45) is 0 Å². The Morgan fingerprint density at radius 1 is 1.04 bits per heavy atom. The predicted octanol–water partition coefficient (Wildman–Crippen LogP) is 4.64. The Morgan fingerprint density at radius 2 is 1.58 bits per heavy atom. The van der Waals surface area contributed by atoms with Crippen molar-refractivity contribution in [1.82, 2.24) is 5.32 Å². The van der Waals surface area contributed by atoms with Crippen molar-refractivity contribution in [3.63, 3.8) is 0 Å². The summed E-state index contributed by atoms with van der Waals surface area (Å²) in [5, 5.41) is 3.45. The summed E-state index contributed by atoms with van der Waals surface area (Å²) in [4.78, 5) is 12.5. The first kappa shape index (κ1) is 21.6. The number of carbonyl (C=O) groups excluding carboxylic acids is 1. The van der Waals surface area contributed by atoms with Gasteiger partial charge in [0.1, 0.15) is 6.54 Å². The molecule has 0 saturated heterocycles. The molecular weight excluding hydrogens is 419 g/mol. The Balaban J connectivity index is 2.15.